The lowest BCUT2D eigenvalue weighted by molar-refractivity contribution is 0.409. The van der Waals surface area contributed by atoms with Crippen molar-refractivity contribution in [1.29, 1.82) is 0 Å². The first kappa shape index (κ1) is 14.2. The monoisotopic (exact) mass is 281 g/mol. The molecule has 21 heavy (non-hydrogen) atoms. The zero-order valence-corrected chi connectivity index (χ0v) is 13.0. The molecule has 0 radical (unpaired) electrons. The van der Waals surface area contributed by atoms with Crippen molar-refractivity contribution in [3.8, 4) is 5.75 Å². The molecule has 0 saturated heterocycles. The molecule has 3 atom stereocenters. The van der Waals surface area contributed by atoms with Gasteiger partial charge in [-0.1, -0.05) is 42.5 Å². The number of hydrogen-bond acceptors (Lipinski definition) is 2. The maximum Gasteiger partial charge on any atom is 0.122 e. The maximum absolute atomic E-state index is 5.46. The molecule has 3 rings (SSSR count). The molecule has 1 aliphatic carbocycles. The van der Waals surface area contributed by atoms with Crippen LogP contribution in [0.15, 0.2) is 48.5 Å². The van der Waals surface area contributed by atoms with Crippen LogP contribution in [0.4, 0.5) is 0 Å². The number of ether oxygens (including phenoxy) is 1. The fourth-order valence-corrected chi connectivity index (χ4v) is 3.32. The molecule has 2 nitrogen and oxygen atoms in total. The van der Waals surface area contributed by atoms with Gasteiger partial charge in [-0.25, -0.2) is 0 Å². The summed E-state index contributed by atoms with van der Waals surface area (Å²) in [6.45, 7) is 2.08. The van der Waals surface area contributed by atoms with Crippen LogP contribution in [0.25, 0.3) is 0 Å². The number of benzene rings is 2. The van der Waals surface area contributed by atoms with Gasteiger partial charge in [0.25, 0.3) is 0 Å². The quantitative estimate of drug-likeness (QED) is 0.892. The van der Waals surface area contributed by atoms with Gasteiger partial charge in [0.1, 0.15) is 5.75 Å². The topological polar surface area (TPSA) is 21.3 Å². The van der Waals surface area contributed by atoms with E-state index in [-0.39, 0.29) is 0 Å². The molecule has 2 aromatic rings. The van der Waals surface area contributed by atoms with Crippen LogP contribution >= 0.6 is 0 Å². The molecule has 0 bridgehead atoms. The van der Waals surface area contributed by atoms with Gasteiger partial charge in [0, 0.05) is 6.04 Å². The minimum absolute atomic E-state index is 0.393. The fourth-order valence-electron chi connectivity index (χ4n) is 3.32. The number of methoxy groups -OCH3 is 1. The Hall–Kier alpha value is -1.80. The summed E-state index contributed by atoms with van der Waals surface area (Å²) in [6.07, 6.45) is 1.26. The molecule has 1 fully saturated rings. The van der Waals surface area contributed by atoms with Gasteiger partial charge in [0.05, 0.1) is 7.11 Å². The molecule has 0 spiro atoms. The second kappa shape index (κ2) is 5.90. The number of hydrogen-bond donors (Lipinski definition) is 1. The Kier molecular flexibility index (Phi) is 3.98. The lowest BCUT2D eigenvalue weighted by atomic mass is 9.97. The molecule has 1 N–H and O–H groups in total. The van der Waals surface area contributed by atoms with E-state index >= 15 is 0 Å². The number of rotatable bonds is 5. The van der Waals surface area contributed by atoms with E-state index in [0.717, 1.165) is 5.75 Å². The minimum Gasteiger partial charge on any atom is -0.496 e. The predicted octanol–water partition coefficient (Wildman–Crippen LogP) is 4.07. The Bertz CT molecular complexity index is 608. The molecule has 2 aromatic carbocycles. The van der Waals surface area contributed by atoms with E-state index in [1.54, 1.807) is 7.11 Å². The number of aryl methyl sites for hydroxylation is 1. The second-order valence-electron chi connectivity index (χ2n) is 5.91. The molecular weight excluding hydrogens is 258 g/mol. The molecule has 1 saturated carbocycles. The van der Waals surface area contributed by atoms with E-state index in [9.17, 15) is 0 Å². The summed E-state index contributed by atoms with van der Waals surface area (Å²) in [4.78, 5) is 0. The summed E-state index contributed by atoms with van der Waals surface area (Å²) in [5.74, 6) is 2.32. The largest absolute Gasteiger partial charge is 0.496 e. The Balaban J connectivity index is 1.81. The van der Waals surface area contributed by atoms with Crippen LogP contribution in [0, 0.1) is 12.8 Å². The van der Waals surface area contributed by atoms with Crippen molar-refractivity contribution in [2.24, 2.45) is 5.92 Å². The lowest BCUT2D eigenvalue weighted by Gasteiger charge is -2.18. The third-order valence-corrected chi connectivity index (χ3v) is 4.60. The van der Waals surface area contributed by atoms with Crippen LogP contribution in [0.1, 0.15) is 35.1 Å². The first-order chi connectivity index (χ1) is 10.2. The highest BCUT2D eigenvalue weighted by molar-refractivity contribution is 5.39. The van der Waals surface area contributed by atoms with Gasteiger partial charge in [-0.05, 0) is 55.0 Å². The zero-order chi connectivity index (χ0) is 14.8. The molecule has 0 amide bonds. The molecule has 0 aromatic heterocycles. The van der Waals surface area contributed by atoms with Crippen LogP contribution < -0.4 is 10.1 Å². The molecule has 3 unspecified atom stereocenters. The van der Waals surface area contributed by atoms with Gasteiger partial charge < -0.3 is 10.1 Å². The van der Waals surface area contributed by atoms with Crippen molar-refractivity contribution in [2.45, 2.75) is 25.3 Å². The van der Waals surface area contributed by atoms with E-state index in [1.165, 1.54) is 23.1 Å². The van der Waals surface area contributed by atoms with Crippen LogP contribution in [0.3, 0.4) is 0 Å². The zero-order valence-electron chi connectivity index (χ0n) is 13.0. The third kappa shape index (κ3) is 2.81. The van der Waals surface area contributed by atoms with E-state index in [4.69, 9.17) is 4.74 Å². The van der Waals surface area contributed by atoms with Gasteiger partial charge >= 0.3 is 0 Å². The van der Waals surface area contributed by atoms with Crippen molar-refractivity contribution in [1.82, 2.24) is 5.32 Å². The Morgan fingerprint density at radius 1 is 1.14 bits per heavy atom. The summed E-state index contributed by atoms with van der Waals surface area (Å²) < 4.78 is 5.46. The summed E-state index contributed by atoms with van der Waals surface area (Å²) in [6, 6.07) is 17.8. The minimum atomic E-state index is 0.393. The fraction of sp³-hybridized carbons (Fsp3) is 0.368. The second-order valence-corrected chi connectivity index (χ2v) is 5.91. The molecular formula is C19H23NO. The first-order valence-corrected chi connectivity index (χ1v) is 7.61. The highest BCUT2D eigenvalue weighted by atomic mass is 16.5. The SMILES string of the molecule is CNC(c1ccc(C)c(OC)c1)C1CC1c1ccccc1. The smallest absolute Gasteiger partial charge is 0.122 e. The molecule has 1 aliphatic rings. The summed E-state index contributed by atoms with van der Waals surface area (Å²) in [5, 5.41) is 3.50. The van der Waals surface area contributed by atoms with E-state index in [2.05, 4.69) is 67.8 Å². The Morgan fingerprint density at radius 2 is 1.90 bits per heavy atom. The van der Waals surface area contributed by atoms with Crippen molar-refractivity contribution in [2.75, 3.05) is 14.2 Å². The van der Waals surface area contributed by atoms with Crippen LogP contribution in [0.2, 0.25) is 0 Å². The van der Waals surface area contributed by atoms with Crippen LogP contribution in [-0.2, 0) is 0 Å². The van der Waals surface area contributed by atoms with Crippen LogP contribution in [-0.4, -0.2) is 14.2 Å². The highest BCUT2D eigenvalue weighted by Gasteiger charge is 2.43. The summed E-state index contributed by atoms with van der Waals surface area (Å²) in [5.41, 5.74) is 3.97. The average molecular weight is 281 g/mol. The normalized spacial score (nSPS) is 21.9. The highest BCUT2D eigenvalue weighted by Crippen LogP contribution is 2.54. The van der Waals surface area contributed by atoms with Crippen LogP contribution in [0.5, 0.6) is 5.75 Å². The van der Waals surface area contributed by atoms with Crippen molar-refractivity contribution >= 4 is 0 Å². The average Bonchev–Trinajstić information content (AvgIpc) is 3.31. The summed E-state index contributed by atoms with van der Waals surface area (Å²) >= 11 is 0. The predicted molar refractivity (Wildman–Crippen MR) is 86.8 cm³/mol. The standard InChI is InChI=1S/C19H23NO/c1-13-9-10-15(11-18(13)21-3)19(20-2)17-12-16(17)14-7-5-4-6-8-14/h4-11,16-17,19-20H,12H2,1-3H3. The molecule has 0 aliphatic heterocycles. The Labute approximate surface area is 127 Å². The van der Waals surface area contributed by atoms with E-state index < -0.39 is 0 Å². The lowest BCUT2D eigenvalue weighted by Crippen LogP contribution is -2.19. The third-order valence-electron chi connectivity index (χ3n) is 4.60. The van der Waals surface area contributed by atoms with E-state index in [0.29, 0.717) is 17.9 Å². The van der Waals surface area contributed by atoms with Crippen molar-refractivity contribution in [3.63, 3.8) is 0 Å². The van der Waals surface area contributed by atoms with Crippen molar-refractivity contribution in [3.05, 3.63) is 65.2 Å². The first-order valence-electron chi connectivity index (χ1n) is 7.61. The van der Waals surface area contributed by atoms with E-state index in [1.807, 2.05) is 0 Å². The Morgan fingerprint density at radius 3 is 2.57 bits per heavy atom. The van der Waals surface area contributed by atoms with Gasteiger partial charge in [-0.15, -0.1) is 0 Å². The maximum atomic E-state index is 5.46. The van der Waals surface area contributed by atoms with Crippen molar-refractivity contribution < 1.29 is 4.74 Å². The number of nitrogens with one attached hydrogen (secondary N) is 1. The van der Waals surface area contributed by atoms with Gasteiger partial charge in [0.2, 0.25) is 0 Å². The van der Waals surface area contributed by atoms with Gasteiger partial charge in [-0.3, -0.25) is 0 Å². The summed E-state index contributed by atoms with van der Waals surface area (Å²) in [7, 11) is 3.79. The van der Waals surface area contributed by atoms with Gasteiger partial charge in [-0.2, -0.15) is 0 Å². The molecule has 2 heteroatoms. The van der Waals surface area contributed by atoms with Gasteiger partial charge in [0.15, 0.2) is 0 Å². The molecule has 110 valence electrons. The molecule has 0 heterocycles.